The van der Waals surface area contributed by atoms with Gasteiger partial charge in [-0.05, 0) is 67.3 Å². The molecule has 182 valence electrons. The number of rotatable bonds is 10. The Labute approximate surface area is 204 Å². The molecular weight excluding hydrogens is 446 g/mol. The number of nitrogens with two attached hydrogens (primary N) is 1. The zero-order chi connectivity index (χ0) is 24.4. The summed E-state index contributed by atoms with van der Waals surface area (Å²) >= 11 is 1.41. The average Bonchev–Trinajstić information content (AvgIpc) is 3.39. The number of aromatic nitrogens is 3. The standard InChI is InChI=1S/C26H35N5O2S/c1-17(2)8-13-29(14-9-18(3)4)24(32)19-6-7-21-22(16-19)30(12-5-11-27)26-28-20-10-15-34-23(20)25(33)31(21)26/h6-7,10,15-18H,5,8-9,11-14,27H2,1-4H3. The minimum absolute atomic E-state index is 0.0418. The quantitative estimate of drug-likeness (QED) is 0.354. The summed E-state index contributed by atoms with van der Waals surface area (Å²) in [7, 11) is 0. The molecule has 3 aromatic heterocycles. The summed E-state index contributed by atoms with van der Waals surface area (Å²) in [4.78, 5) is 33.7. The van der Waals surface area contributed by atoms with Gasteiger partial charge < -0.3 is 15.2 Å². The smallest absolute Gasteiger partial charge is 0.277 e. The molecule has 0 aliphatic rings. The number of fused-ring (bicyclic) bond motifs is 4. The number of amides is 1. The van der Waals surface area contributed by atoms with E-state index in [9.17, 15) is 9.59 Å². The van der Waals surface area contributed by atoms with Crippen molar-refractivity contribution in [3.05, 3.63) is 45.6 Å². The fraction of sp³-hybridized carbons (Fsp3) is 0.500. The predicted molar refractivity (Wildman–Crippen MR) is 141 cm³/mol. The third kappa shape index (κ3) is 4.74. The zero-order valence-electron chi connectivity index (χ0n) is 20.6. The van der Waals surface area contributed by atoms with Gasteiger partial charge in [-0.3, -0.25) is 9.59 Å². The second-order valence-corrected chi connectivity index (χ2v) is 10.8. The molecule has 0 saturated heterocycles. The highest BCUT2D eigenvalue weighted by atomic mass is 32.1. The molecular formula is C26H35N5O2S. The molecule has 8 heteroatoms. The number of carbonyl (C=O) groups is 1. The van der Waals surface area contributed by atoms with Crippen LogP contribution in [0.1, 0.15) is 57.3 Å². The lowest BCUT2D eigenvalue weighted by Gasteiger charge is -2.24. The molecule has 0 radical (unpaired) electrons. The van der Waals surface area contributed by atoms with Crippen LogP contribution in [0.3, 0.4) is 0 Å². The lowest BCUT2D eigenvalue weighted by molar-refractivity contribution is 0.0741. The van der Waals surface area contributed by atoms with Crippen molar-refractivity contribution in [2.75, 3.05) is 19.6 Å². The van der Waals surface area contributed by atoms with Gasteiger partial charge in [-0.1, -0.05) is 27.7 Å². The molecule has 0 unspecified atom stereocenters. The molecule has 0 atom stereocenters. The number of benzene rings is 1. The van der Waals surface area contributed by atoms with Gasteiger partial charge in [0.2, 0.25) is 5.78 Å². The molecule has 0 fully saturated rings. The van der Waals surface area contributed by atoms with Crippen molar-refractivity contribution in [1.29, 1.82) is 0 Å². The van der Waals surface area contributed by atoms with Gasteiger partial charge in [-0.15, -0.1) is 11.3 Å². The Kier molecular flexibility index (Phi) is 7.38. The molecule has 34 heavy (non-hydrogen) atoms. The highest BCUT2D eigenvalue weighted by molar-refractivity contribution is 7.17. The molecule has 2 N–H and O–H groups in total. The maximum Gasteiger partial charge on any atom is 0.277 e. The van der Waals surface area contributed by atoms with Gasteiger partial charge in [0.15, 0.2) is 0 Å². The highest BCUT2D eigenvalue weighted by Crippen LogP contribution is 2.25. The molecule has 4 rings (SSSR count). The lowest BCUT2D eigenvalue weighted by Crippen LogP contribution is -2.34. The maximum atomic E-state index is 13.6. The van der Waals surface area contributed by atoms with Gasteiger partial charge in [0.1, 0.15) is 4.70 Å². The molecule has 0 aliphatic heterocycles. The lowest BCUT2D eigenvalue weighted by atomic mass is 10.1. The van der Waals surface area contributed by atoms with Crippen LogP contribution in [0, 0.1) is 11.8 Å². The van der Waals surface area contributed by atoms with E-state index < -0.39 is 0 Å². The van der Waals surface area contributed by atoms with Crippen LogP contribution in [0.2, 0.25) is 0 Å². The first-order valence-corrected chi connectivity index (χ1v) is 13.1. The molecule has 4 aromatic rings. The summed E-state index contributed by atoms with van der Waals surface area (Å²) in [5.41, 5.74) is 8.70. The van der Waals surface area contributed by atoms with E-state index in [-0.39, 0.29) is 11.5 Å². The first kappa shape index (κ1) is 24.4. The van der Waals surface area contributed by atoms with Crippen molar-refractivity contribution >= 4 is 44.3 Å². The van der Waals surface area contributed by atoms with E-state index >= 15 is 0 Å². The van der Waals surface area contributed by atoms with E-state index in [0.29, 0.717) is 46.5 Å². The molecule has 1 amide bonds. The third-order valence-corrected chi connectivity index (χ3v) is 7.18. The number of nitrogens with zero attached hydrogens (tertiary/aromatic N) is 4. The van der Waals surface area contributed by atoms with Gasteiger partial charge in [0, 0.05) is 25.2 Å². The fourth-order valence-electron chi connectivity index (χ4n) is 4.26. The van der Waals surface area contributed by atoms with Crippen LogP contribution >= 0.6 is 11.3 Å². The van der Waals surface area contributed by atoms with Crippen molar-refractivity contribution in [3.8, 4) is 0 Å². The Hall–Kier alpha value is -2.71. The van der Waals surface area contributed by atoms with E-state index in [1.54, 1.807) is 4.40 Å². The van der Waals surface area contributed by atoms with Gasteiger partial charge in [-0.2, -0.15) is 0 Å². The second-order valence-electron chi connectivity index (χ2n) is 9.84. The number of carbonyl (C=O) groups excluding carboxylic acids is 1. The summed E-state index contributed by atoms with van der Waals surface area (Å²) < 4.78 is 4.35. The highest BCUT2D eigenvalue weighted by Gasteiger charge is 2.21. The Bertz CT molecular complexity index is 1350. The van der Waals surface area contributed by atoms with Crippen LogP contribution in [-0.2, 0) is 6.54 Å². The number of hydrogen-bond acceptors (Lipinski definition) is 5. The van der Waals surface area contributed by atoms with E-state index in [0.717, 1.165) is 43.4 Å². The van der Waals surface area contributed by atoms with Crippen LogP contribution in [0.15, 0.2) is 34.4 Å². The summed E-state index contributed by atoms with van der Waals surface area (Å²) in [6.45, 7) is 11.4. The molecule has 0 saturated carbocycles. The average molecular weight is 482 g/mol. The van der Waals surface area contributed by atoms with Gasteiger partial charge in [0.25, 0.3) is 11.5 Å². The Balaban J connectivity index is 1.82. The van der Waals surface area contributed by atoms with E-state index in [1.807, 2.05) is 39.1 Å². The van der Waals surface area contributed by atoms with Crippen LogP contribution in [0.5, 0.6) is 0 Å². The molecule has 7 nitrogen and oxygen atoms in total. The normalized spacial score (nSPS) is 12.1. The minimum Gasteiger partial charge on any atom is -0.339 e. The van der Waals surface area contributed by atoms with E-state index in [1.165, 1.54) is 11.3 Å². The number of aryl methyl sites for hydroxylation is 1. The van der Waals surface area contributed by atoms with Gasteiger partial charge >= 0.3 is 0 Å². The summed E-state index contributed by atoms with van der Waals surface area (Å²) in [6, 6.07) is 7.54. The predicted octanol–water partition coefficient (Wildman–Crippen LogP) is 4.75. The van der Waals surface area contributed by atoms with Crippen molar-refractivity contribution in [2.24, 2.45) is 17.6 Å². The fourth-order valence-corrected chi connectivity index (χ4v) is 5.02. The number of thiophene rings is 1. The van der Waals surface area contributed by atoms with Crippen molar-refractivity contribution in [1.82, 2.24) is 18.9 Å². The number of hydrogen-bond donors (Lipinski definition) is 1. The van der Waals surface area contributed by atoms with Crippen LogP contribution < -0.4 is 11.3 Å². The topological polar surface area (TPSA) is 85.6 Å². The summed E-state index contributed by atoms with van der Waals surface area (Å²) in [5, 5.41) is 1.89. The molecule has 1 aromatic carbocycles. The monoisotopic (exact) mass is 481 g/mol. The zero-order valence-corrected chi connectivity index (χ0v) is 21.4. The van der Waals surface area contributed by atoms with Crippen molar-refractivity contribution < 1.29 is 4.79 Å². The summed E-state index contributed by atoms with van der Waals surface area (Å²) in [5.74, 6) is 1.70. The third-order valence-electron chi connectivity index (χ3n) is 6.28. The molecule has 0 aliphatic carbocycles. The van der Waals surface area contributed by atoms with Gasteiger partial charge in [0.05, 0.1) is 16.6 Å². The first-order chi connectivity index (χ1) is 16.3. The van der Waals surface area contributed by atoms with E-state index in [2.05, 4.69) is 27.7 Å². The SMILES string of the molecule is CC(C)CCN(CCC(C)C)C(=O)c1ccc2c(c1)n(CCCN)c1nc3ccsc3c(=O)n21. The first-order valence-electron chi connectivity index (χ1n) is 12.2. The van der Waals surface area contributed by atoms with Crippen LogP contribution in [-0.4, -0.2) is 44.4 Å². The largest absolute Gasteiger partial charge is 0.339 e. The molecule has 0 spiro atoms. The van der Waals surface area contributed by atoms with Crippen molar-refractivity contribution in [2.45, 2.75) is 53.5 Å². The Morgan fingerprint density at radius 1 is 1.09 bits per heavy atom. The van der Waals surface area contributed by atoms with E-state index in [4.69, 9.17) is 10.7 Å². The molecule has 3 heterocycles. The van der Waals surface area contributed by atoms with Crippen LogP contribution in [0.25, 0.3) is 27.0 Å². The maximum absolute atomic E-state index is 13.6. The minimum atomic E-state index is -0.0685. The summed E-state index contributed by atoms with van der Waals surface area (Å²) in [6.07, 6.45) is 2.70. The number of imidazole rings is 1. The van der Waals surface area contributed by atoms with Gasteiger partial charge in [-0.25, -0.2) is 9.38 Å². The second kappa shape index (κ2) is 10.3. The molecule has 0 bridgehead atoms. The Morgan fingerprint density at radius 2 is 1.79 bits per heavy atom. The Morgan fingerprint density at radius 3 is 2.44 bits per heavy atom. The van der Waals surface area contributed by atoms with Crippen molar-refractivity contribution in [3.63, 3.8) is 0 Å². The van der Waals surface area contributed by atoms with Crippen LogP contribution in [0.4, 0.5) is 0 Å².